The number of hydrogen-bond donors (Lipinski definition) is 0. The van der Waals surface area contributed by atoms with Crippen molar-refractivity contribution in [3.8, 4) is 5.75 Å². The molecule has 0 radical (unpaired) electrons. The topological polar surface area (TPSA) is 62.3 Å². The molecule has 1 amide bonds. The van der Waals surface area contributed by atoms with Crippen LogP contribution < -0.4 is 14.5 Å². The zero-order valence-corrected chi connectivity index (χ0v) is 19.8. The lowest BCUT2D eigenvalue weighted by molar-refractivity contribution is -0.148. The number of aryl methyl sites for hydroxylation is 1. The minimum absolute atomic E-state index is 0.0660. The van der Waals surface area contributed by atoms with Gasteiger partial charge in [0.2, 0.25) is 5.91 Å². The summed E-state index contributed by atoms with van der Waals surface area (Å²) in [6, 6.07) is 16.2. The SMILES string of the molecule is C=CCN1C(=O)CCc2cccc(OCC(CN3CCN(c4ccccc4)CC3)OC(C)=O)c21. The van der Waals surface area contributed by atoms with Crippen LogP contribution >= 0.6 is 0 Å². The molecule has 2 aromatic rings. The van der Waals surface area contributed by atoms with E-state index in [-0.39, 0.29) is 18.5 Å². The largest absolute Gasteiger partial charge is 0.487 e. The lowest BCUT2D eigenvalue weighted by atomic mass is 10.0. The number of rotatable bonds is 9. The molecule has 1 fully saturated rings. The first-order valence-electron chi connectivity index (χ1n) is 11.9. The highest BCUT2D eigenvalue weighted by atomic mass is 16.6. The zero-order valence-electron chi connectivity index (χ0n) is 19.8. The Labute approximate surface area is 201 Å². The van der Waals surface area contributed by atoms with Crippen molar-refractivity contribution < 1.29 is 19.1 Å². The second-order valence-electron chi connectivity index (χ2n) is 8.72. The number of anilines is 2. The predicted octanol–water partition coefficient (Wildman–Crippen LogP) is 3.28. The highest BCUT2D eigenvalue weighted by molar-refractivity contribution is 5.98. The summed E-state index contributed by atoms with van der Waals surface area (Å²) in [6.07, 6.45) is 2.50. The monoisotopic (exact) mass is 463 g/mol. The van der Waals surface area contributed by atoms with Crippen LogP contribution in [0.2, 0.25) is 0 Å². The van der Waals surface area contributed by atoms with E-state index in [0.29, 0.717) is 31.7 Å². The molecule has 7 heteroatoms. The van der Waals surface area contributed by atoms with Gasteiger partial charge >= 0.3 is 5.97 Å². The first-order chi connectivity index (χ1) is 16.5. The molecule has 4 rings (SSSR count). The lowest BCUT2D eigenvalue weighted by Gasteiger charge is -2.37. The molecule has 2 aromatic carbocycles. The molecule has 1 unspecified atom stereocenters. The van der Waals surface area contributed by atoms with Gasteiger partial charge in [-0.05, 0) is 30.2 Å². The van der Waals surface area contributed by atoms with Crippen molar-refractivity contribution in [2.45, 2.75) is 25.9 Å². The molecule has 0 N–H and O–H groups in total. The van der Waals surface area contributed by atoms with Gasteiger partial charge < -0.3 is 19.3 Å². The van der Waals surface area contributed by atoms with Gasteiger partial charge in [-0.1, -0.05) is 36.4 Å². The second kappa shape index (κ2) is 11.2. The molecule has 0 aliphatic carbocycles. The van der Waals surface area contributed by atoms with Crippen molar-refractivity contribution in [1.82, 2.24) is 4.90 Å². The minimum atomic E-state index is -0.399. The summed E-state index contributed by atoms with van der Waals surface area (Å²) in [4.78, 5) is 30.7. The van der Waals surface area contributed by atoms with Crippen LogP contribution in [0.15, 0.2) is 61.2 Å². The van der Waals surface area contributed by atoms with E-state index in [4.69, 9.17) is 9.47 Å². The maximum atomic E-state index is 12.5. The summed E-state index contributed by atoms with van der Waals surface area (Å²) < 4.78 is 11.8. The number of carbonyl (C=O) groups excluding carboxylic acids is 2. The Morgan fingerprint density at radius 2 is 1.82 bits per heavy atom. The van der Waals surface area contributed by atoms with Gasteiger partial charge in [0.25, 0.3) is 0 Å². The van der Waals surface area contributed by atoms with Crippen LogP contribution in [-0.2, 0) is 20.7 Å². The van der Waals surface area contributed by atoms with E-state index in [1.807, 2.05) is 24.3 Å². The summed E-state index contributed by atoms with van der Waals surface area (Å²) in [6.45, 7) is 10.1. The van der Waals surface area contributed by atoms with Gasteiger partial charge in [0, 0.05) is 58.3 Å². The average molecular weight is 464 g/mol. The number of nitrogens with zero attached hydrogens (tertiary/aromatic N) is 3. The van der Waals surface area contributed by atoms with Crippen LogP contribution in [0.3, 0.4) is 0 Å². The van der Waals surface area contributed by atoms with Crippen molar-refractivity contribution in [3.05, 3.63) is 66.7 Å². The van der Waals surface area contributed by atoms with Crippen molar-refractivity contribution in [2.75, 3.05) is 55.7 Å². The maximum Gasteiger partial charge on any atom is 0.303 e. The number of ether oxygens (including phenoxy) is 2. The van der Waals surface area contributed by atoms with E-state index in [2.05, 4.69) is 40.6 Å². The summed E-state index contributed by atoms with van der Waals surface area (Å²) in [5, 5.41) is 0. The van der Waals surface area contributed by atoms with Gasteiger partial charge in [-0.15, -0.1) is 6.58 Å². The first kappa shape index (κ1) is 23.8. The molecule has 34 heavy (non-hydrogen) atoms. The maximum absolute atomic E-state index is 12.5. The Morgan fingerprint density at radius 1 is 1.06 bits per heavy atom. The standard InChI is InChI=1S/C27H33N3O4/c1-3-14-30-26(32)13-12-22-8-7-11-25(27(22)30)33-20-24(34-21(2)31)19-28-15-17-29(18-16-28)23-9-5-4-6-10-23/h3-11,24H,1,12-20H2,2H3. The van der Waals surface area contributed by atoms with E-state index in [0.717, 1.165) is 37.4 Å². The van der Waals surface area contributed by atoms with Crippen molar-refractivity contribution in [3.63, 3.8) is 0 Å². The fraction of sp³-hybridized carbons (Fsp3) is 0.407. The summed E-state index contributed by atoms with van der Waals surface area (Å²) in [5.74, 6) is 0.379. The third-order valence-electron chi connectivity index (χ3n) is 6.29. The Hall–Kier alpha value is -3.32. The molecule has 0 aromatic heterocycles. The van der Waals surface area contributed by atoms with Crippen molar-refractivity contribution in [2.24, 2.45) is 0 Å². The smallest absolute Gasteiger partial charge is 0.303 e. The number of fused-ring (bicyclic) bond motifs is 1. The number of hydrogen-bond acceptors (Lipinski definition) is 6. The summed E-state index contributed by atoms with van der Waals surface area (Å²) >= 11 is 0. The van der Waals surface area contributed by atoms with Crippen LogP contribution in [0.25, 0.3) is 0 Å². The number of esters is 1. The number of para-hydroxylation sites is 2. The zero-order chi connectivity index (χ0) is 23.9. The minimum Gasteiger partial charge on any atom is -0.487 e. The molecular formula is C27H33N3O4. The van der Waals surface area contributed by atoms with Crippen LogP contribution in [0.1, 0.15) is 18.9 Å². The van der Waals surface area contributed by atoms with Gasteiger partial charge in [-0.25, -0.2) is 0 Å². The molecule has 7 nitrogen and oxygen atoms in total. The molecule has 2 aliphatic heterocycles. The summed E-state index contributed by atoms with van der Waals surface area (Å²) in [7, 11) is 0. The Morgan fingerprint density at radius 3 is 2.53 bits per heavy atom. The van der Waals surface area contributed by atoms with Crippen LogP contribution in [-0.4, -0.2) is 68.8 Å². The lowest BCUT2D eigenvalue weighted by Crippen LogP contribution is -2.50. The summed E-state index contributed by atoms with van der Waals surface area (Å²) in [5.41, 5.74) is 3.12. The van der Waals surface area contributed by atoms with E-state index in [1.165, 1.54) is 12.6 Å². The Kier molecular flexibility index (Phi) is 7.85. The normalized spacial score (nSPS) is 17.1. The van der Waals surface area contributed by atoms with Crippen LogP contribution in [0.5, 0.6) is 5.75 Å². The van der Waals surface area contributed by atoms with E-state index >= 15 is 0 Å². The highest BCUT2D eigenvalue weighted by Crippen LogP contribution is 2.37. The molecule has 2 aliphatic rings. The van der Waals surface area contributed by atoms with Crippen LogP contribution in [0, 0.1) is 0 Å². The van der Waals surface area contributed by atoms with E-state index in [1.54, 1.807) is 11.0 Å². The third kappa shape index (κ3) is 5.78. The Bertz CT molecular complexity index is 1000. The highest BCUT2D eigenvalue weighted by Gasteiger charge is 2.28. The molecular weight excluding hydrogens is 430 g/mol. The number of carbonyl (C=O) groups is 2. The van der Waals surface area contributed by atoms with E-state index < -0.39 is 6.10 Å². The van der Waals surface area contributed by atoms with Gasteiger partial charge in [0.15, 0.2) is 0 Å². The molecule has 1 atom stereocenters. The fourth-order valence-electron chi connectivity index (χ4n) is 4.67. The molecule has 0 spiro atoms. The quantitative estimate of drug-likeness (QED) is 0.420. The number of benzene rings is 2. The molecule has 0 bridgehead atoms. The van der Waals surface area contributed by atoms with Crippen LogP contribution in [0.4, 0.5) is 11.4 Å². The molecule has 180 valence electrons. The third-order valence-corrected chi connectivity index (χ3v) is 6.29. The number of amides is 1. The number of piperazine rings is 1. The van der Waals surface area contributed by atoms with Gasteiger partial charge in [-0.3, -0.25) is 14.5 Å². The molecule has 2 heterocycles. The Balaban J connectivity index is 1.40. The average Bonchev–Trinajstić information content (AvgIpc) is 2.85. The predicted molar refractivity (Wildman–Crippen MR) is 133 cm³/mol. The van der Waals surface area contributed by atoms with Gasteiger partial charge in [-0.2, -0.15) is 0 Å². The van der Waals surface area contributed by atoms with Crippen molar-refractivity contribution in [1.29, 1.82) is 0 Å². The van der Waals surface area contributed by atoms with Gasteiger partial charge in [0.1, 0.15) is 18.5 Å². The van der Waals surface area contributed by atoms with Gasteiger partial charge in [0.05, 0.1) is 5.69 Å². The fourth-order valence-corrected chi connectivity index (χ4v) is 4.67. The second-order valence-corrected chi connectivity index (χ2v) is 8.72. The van der Waals surface area contributed by atoms with Crippen molar-refractivity contribution >= 4 is 23.3 Å². The molecule has 0 saturated carbocycles. The van der Waals surface area contributed by atoms with E-state index in [9.17, 15) is 9.59 Å². The molecule has 1 saturated heterocycles. The first-order valence-corrected chi connectivity index (χ1v) is 11.9.